The van der Waals surface area contributed by atoms with Crippen molar-refractivity contribution in [2.24, 2.45) is 0 Å². The van der Waals surface area contributed by atoms with E-state index in [4.69, 9.17) is 16.3 Å². The van der Waals surface area contributed by atoms with Crippen LogP contribution in [0.25, 0.3) is 0 Å². The molecule has 1 heterocycles. The van der Waals surface area contributed by atoms with Gasteiger partial charge in [-0.25, -0.2) is 4.39 Å². The van der Waals surface area contributed by atoms with Gasteiger partial charge in [0.2, 0.25) is 0 Å². The number of ether oxygens (including phenoxy) is 1. The minimum absolute atomic E-state index is 0.0697. The fourth-order valence-electron chi connectivity index (χ4n) is 1.55. The van der Waals surface area contributed by atoms with Crippen molar-refractivity contribution in [3.8, 4) is 5.75 Å². The lowest BCUT2D eigenvalue weighted by Gasteiger charge is -2.06. The zero-order valence-electron chi connectivity index (χ0n) is 10.1. The van der Waals surface area contributed by atoms with Gasteiger partial charge in [-0.3, -0.25) is 4.79 Å². The van der Waals surface area contributed by atoms with E-state index < -0.39 is 5.82 Å². The number of Topliss-reactive ketones (excluding diaryl/α,β-unsaturated/α-hetero) is 1. The van der Waals surface area contributed by atoms with E-state index in [0.717, 1.165) is 4.88 Å². The summed E-state index contributed by atoms with van der Waals surface area (Å²) >= 11 is 7.00. The molecule has 100 valence electrons. The summed E-state index contributed by atoms with van der Waals surface area (Å²) in [7, 11) is 0. The van der Waals surface area contributed by atoms with Crippen LogP contribution in [-0.4, -0.2) is 12.4 Å². The van der Waals surface area contributed by atoms with Crippen LogP contribution in [0.5, 0.6) is 5.75 Å². The van der Waals surface area contributed by atoms with E-state index in [1.54, 1.807) is 6.07 Å². The third kappa shape index (κ3) is 4.04. The van der Waals surface area contributed by atoms with Gasteiger partial charge in [0.25, 0.3) is 0 Å². The molecule has 0 atom stereocenters. The molecular formula is C14H12ClFO2S. The van der Waals surface area contributed by atoms with Crippen LogP contribution in [0.4, 0.5) is 4.39 Å². The normalized spacial score (nSPS) is 10.4. The molecule has 0 N–H and O–H groups in total. The molecule has 0 fully saturated rings. The minimum Gasteiger partial charge on any atom is -0.493 e. The summed E-state index contributed by atoms with van der Waals surface area (Å²) in [5.74, 6) is 0.0280. The topological polar surface area (TPSA) is 26.3 Å². The third-order valence-electron chi connectivity index (χ3n) is 2.50. The average molecular weight is 299 g/mol. The molecule has 0 saturated carbocycles. The smallest absolute Gasteiger partial charge is 0.172 e. The van der Waals surface area contributed by atoms with Crippen molar-refractivity contribution in [2.75, 3.05) is 6.61 Å². The first kappa shape index (κ1) is 14.0. The maximum atomic E-state index is 13.1. The number of carbonyl (C=O) groups excluding carboxylic acids is 1. The van der Waals surface area contributed by atoms with Crippen LogP contribution in [0.3, 0.4) is 0 Å². The second-order valence-electron chi connectivity index (χ2n) is 3.93. The molecule has 19 heavy (non-hydrogen) atoms. The van der Waals surface area contributed by atoms with Crippen LogP contribution in [0, 0.1) is 5.82 Å². The van der Waals surface area contributed by atoms with Gasteiger partial charge in [-0.2, -0.15) is 0 Å². The molecule has 0 spiro atoms. The first-order chi connectivity index (χ1) is 9.16. The largest absolute Gasteiger partial charge is 0.493 e. The second kappa shape index (κ2) is 6.68. The number of hydrogen-bond donors (Lipinski definition) is 0. The molecule has 0 unspecified atom stereocenters. The van der Waals surface area contributed by atoms with Crippen molar-refractivity contribution in [3.05, 3.63) is 51.4 Å². The van der Waals surface area contributed by atoms with Crippen LogP contribution in [-0.2, 0) is 0 Å². The fraction of sp³-hybridized carbons (Fsp3) is 0.214. The van der Waals surface area contributed by atoms with Crippen molar-refractivity contribution in [3.63, 3.8) is 0 Å². The van der Waals surface area contributed by atoms with Gasteiger partial charge in [-0.05, 0) is 30.0 Å². The Morgan fingerprint density at radius 2 is 2.21 bits per heavy atom. The molecule has 2 rings (SSSR count). The van der Waals surface area contributed by atoms with Crippen molar-refractivity contribution in [1.82, 2.24) is 0 Å². The predicted molar refractivity (Wildman–Crippen MR) is 74.8 cm³/mol. The Kier molecular flexibility index (Phi) is 4.93. The molecule has 0 radical (unpaired) electrons. The van der Waals surface area contributed by atoms with Gasteiger partial charge < -0.3 is 4.74 Å². The molecular weight excluding hydrogens is 287 g/mol. The zero-order valence-corrected chi connectivity index (χ0v) is 11.6. The summed E-state index contributed by atoms with van der Waals surface area (Å²) in [6, 6.07) is 7.95. The predicted octanol–water partition coefficient (Wildman–Crippen LogP) is 4.58. The Morgan fingerprint density at radius 3 is 2.89 bits per heavy atom. The molecule has 0 amide bonds. The highest BCUT2D eigenvalue weighted by molar-refractivity contribution is 7.12. The molecule has 1 aromatic carbocycles. The summed E-state index contributed by atoms with van der Waals surface area (Å²) in [4.78, 5) is 12.5. The van der Waals surface area contributed by atoms with Gasteiger partial charge >= 0.3 is 0 Å². The quantitative estimate of drug-likeness (QED) is 0.576. The van der Waals surface area contributed by atoms with E-state index >= 15 is 0 Å². The van der Waals surface area contributed by atoms with Crippen molar-refractivity contribution >= 4 is 28.7 Å². The number of ketones is 1. The first-order valence-electron chi connectivity index (χ1n) is 5.81. The van der Waals surface area contributed by atoms with Crippen molar-refractivity contribution in [2.45, 2.75) is 12.8 Å². The summed E-state index contributed by atoms with van der Waals surface area (Å²) in [5, 5.41) is 1.94. The van der Waals surface area contributed by atoms with E-state index in [9.17, 15) is 9.18 Å². The number of halogens is 2. The van der Waals surface area contributed by atoms with E-state index in [2.05, 4.69) is 0 Å². The van der Waals surface area contributed by atoms with Crippen LogP contribution < -0.4 is 4.74 Å². The summed E-state index contributed by atoms with van der Waals surface area (Å²) in [6.07, 6.45) is 1.03. The van der Waals surface area contributed by atoms with E-state index in [-0.39, 0.29) is 10.8 Å². The number of carbonyl (C=O) groups is 1. The minimum atomic E-state index is -0.506. The lowest BCUT2D eigenvalue weighted by molar-refractivity contribution is 0.0977. The zero-order chi connectivity index (χ0) is 13.7. The van der Waals surface area contributed by atoms with Crippen LogP contribution in [0.2, 0.25) is 5.02 Å². The molecule has 0 bridgehead atoms. The molecule has 0 aliphatic heterocycles. The highest BCUT2D eigenvalue weighted by Crippen LogP contribution is 2.20. The Labute approximate surface area is 119 Å². The molecule has 2 nitrogen and oxygen atoms in total. The molecule has 0 aliphatic rings. The molecule has 5 heteroatoms. The van der Waals surface area contributed by atoms with Gasteiger partial charge in [0.05, 0.1) is 16.5 Å². The molecule has 0 saturated heterocycles. The van der Waals surface area contributed by atoms with E-state index in [1.165, 1.54) is 23.5 Å². The van der Waals surface area contributed by atoms with Gasteiger partial charge in [-0.15, -0.1) is 11.3 Å². The van der Waals surface area contributed by atoms with Crippen LogP contribution in [0.15, 0.2) is 35.7 Å². The van der Waals surface area contributed by atoms with E-state index in [0.29, 0.717) is 25.2 Å². The molecule has 1 aromatic heterocycles. The number of rotatable bonds is 6. The van der Waals surface area contributed by atoms with Crippen molar-refractivity contribution in [1.29, 1.82) is 0 Å². The van der Waals surface area contributed by atoms with Gasteiger partial charge in [0, 0.05) is 12.5 Å². The van der Waals surface area contributed by atoms with E-state index in [1.807, 2.05) is 17.5 Å². The Bertz CT molecular complexity index is 555. The summed E-state index contributed by atoms with van der Waals surface area (Å²) in [5.41, 5.74) is 0. The van der Waals surface area contributed by atoms with Crippen LogP contribution >= 0.6 is 22.9 Å². The number of benzene rings is 1. The standard InChI is InChI=1S/C14H12ClFO2S/c15-11-6-5-10(9-12(11)16)18-7-1-3-13(17)14-4-2-8-19-14/h2,4-6,8-9H,1,3,7H2. The van der Waals surface area contributed by atoms with Crippen LogP contribution in [0.1, 0.15) is 22.5 Å². The maximum Gasteiger partial charge on any atom is 0.172 e. The maximum absolute atomic E-state index is 13.1. The first-order valence-corrected chi connectivity index (χ1v) is 7.07. The van der Waals surface area contributed by atoms with Gasteiger partial charge in [0.1, 0.15) is 11.6 Å². The fourth-order valence-corrected chi connectivity index (χ4v) is 2.36. The Morgan fingerprint density at radius 1 is 1.37 bits per heavy atom. The summed E-state index contributed by atoms with van der Waals surface area (Å²) in [6.45, 7) is 0.373. The van der Waals surface area contributed by atoms with Crippen molar-refractivity contribution < 1.29 is 13.9 Å². The lowest BCUT2D eigenvalue weighted by Crippen LogP contribution is -2.02. The third-order valence-corrected chi connectivity index (χ3v) is 3.72. The second-order valence-corrected chi connectivity index (χ2v) is 5.28. The molecule has 0 aliphatic carbocycles. The number of thiophene rings is 1. The van der Waals surface area contributed by atoms with Gasteiger partial charge in [0.15, 0.2) is 5.78 Å². The lowest BCUT2D eigenvalue weighted by atomic mass is 10.2. The average Bonchev–Trinajstić information content (AvgIpc) is 2.92. The summed E-state index contributed by atoms with van der Waals surface area (Å²) < 4.78 is 18.5. The van der Waals surface area contributed by atoms with Gasteiger partial charge in [-0.1, -0.05) is 17.7 Å². The highest BCUT2D eigenvalue weighted by atomic mass is 35.5. The monoisotopic (exact) mass is 298 g/mol. The highest BCUT2D eigenvalue weighted by Gasteiger charge is 2.06. The molecule has 2 aromatic rings. The Hall–Kier alpha value is -1.39. The SMILES string of the molecule is O=C(CCCOc1ccc(Cl)c(F)c1)c1cccs1. The Balaban J connectivity index is 1.75. The number of hydrogen-bond acceptors (Lipinski definition) is 3.